The average molecular weight is 547 g/mol. The molecule has 2 heterocycles. The number of anilines is 1. The van der Waals surface area contributed by atoms with Crippen LogP contribution in [0, 0.1) is 5.92 Å². The molecule has 1 unspecified atom stereocenters. The van der Waals surface area contributed by atoms with Gasteiger partial charge in [-0.1, -0.05) is 24.3 Å². The molecule has 1 aliphatic heterocycles. The first kappa shape index (κ1) is 27.6. The van der Waals surface area contributed by atoms with Gasteiger partial charge in [0.05, 0.1) is 18.0 Å². The summed E-state index contributed by atoms with van der Waals surface area (Å²) in [4.78, 5) is 52.6. The largest absolute Gasteiger partial charge is 0.461 e. The van der Waals surface area contributed by atoms with E-state index in [0.717, 1.165) is 6.07 Å². The zero-order valence-electron chi connectivity index (χ0n) is 20.5. The van der Waals surface area contributed by atoms with E-state index in [4.69, 9.17) is 20.9 Å². The molecular formula is C26H25F3N4O6. The van der Waals surface area contributed by atoms with Gasteiger partial charge in [0.25, 0.3) is 5.56 Å². The number of fused-ring (bicyclic) bond motifs is 1. The molecule has 0 bridgehead atoms. The Balaban J connectivity index is 1.51. The lowest BCUT2D eigenvalue weighted by molar-refractivity contribution is -0.152. The fourth-order valence-corrected chi connectivity index (χ4v) is 4.39. The second-order valence-corrected chi connectivity index (χ2v) is 9.02. The fourth-order valence-electron chi connectivity index (χ4n) is 4.39. The lowest BCUT2D eigenvalue weighted by atomic mass is 10.0. The Morgan fingerprint density at radius 2 is 1.90 bits per heavy atom. The van der Waals surface area contributed by atoms with Crippen LogP contribution in [0.15, 0.2) is 53.3 Å². The van der Waals surface area contributed by atoms with Gasteiger partial charge >= 0.3 is 18.2 Å². The van der Waals surface area contributed by atoms with Crippen molar-refractivity contribution in [3.63, 3.8) is 0 Å². The van der Waals surface area contributed by atoms with E-state index in [1.54, 1.807) is 0 Å². The Kier molecular flexibility index (Phi) is 7.90. The predicted octanol–water partition coefficient (Wildman–Crippen LogP) is 2.92. The predicted molar refractivity (Wildman–Crippen MR) is 135 cm³/mol. The highest BCUT2D eigenvalue weighted by atomic mass is 19.4. The molecule has 1 aromatic heterocycles. The van der Waals surface area contributed by atoms with Gasteiger partial charge in [0.15, 0.2) is 6.10 Å². The van der Waals surface area contributed by atoms with Gasteiger partial charge in [-0.3, -0.25) is 19.3 Å². The number of carbonyl (C=O) groups is 3. The molecule has 39 heavy (non-hydrogen) atoms. The molecule has 2 atom stereocenters. The molecule has 2 aromatic carbocycles. The third kappa shape index (κ3) is 6.20. The van der Waals surface area contributed by atoms with E-state index < -0.39 is 47.3 Å². The molecule has 1 fully saturated rings. The summed E-state index contributed by atoms with van der Waals surface area (Å²) in [5.41, 5.74) is 9.25. The van der Waals surface area contributed by atoms with Crippen LogP contribution in [0.2, 0.25) is 0 Å². The minimum Gasteiger partial charge on any atom is -0.461 e. The van der Waals surface area contributed by atoms with Gasteiger partial charge in [-0.2, -0.15) is 13.2 Å². The molecule has 1 saturated heterocycles. The summed E-state index contributed by atoms with van der Waals surface area (Å²) in [5.74, 6) is -2.17. The van der Waals surface area contributed by atoms with Crippen LogP contribution < -0.4 is 21.9 Å². The van der Waals surface area contributed by atoms with Crippen molar-refractivity contribution in [3.8, 4) is 11.3 Å². The lowest BCUT2D eigenvalue weighted by Crippen LogP contribution is -2.30. The Labute approximate surface area is 219 Å². The van der Waals surface area contributed by atoms with E-state index >= 15 is 0 Å². The van der Waals surface area contributed by atoms with Gasteiger partial charge < -0.3 is 25.9 Å². The zero-order valence-corrected chi connectivity index (χ0v) is 20.5. The Morgan fingerprint density at radius 3 is 2.59 bits per heavy atom. The molecule has 0 spiro atoms. The van der Waals surface area contributed by atoms with Gasteiger partial charge in [-0.05, 0) is 42.6 Å². The molecular weight excluding hydrogens is 521 g/mol. The Morgan fingerprint density at radius 1 is 1.15 bits per heavy atom. The fraction of sp³-hybridized carbons (Fsp3) is 0.308. The number of halogens is 3. The standard InChI is InChI=1S/C26H25F3N4O6/c27-26(28,29)20-4-2-1-3-18(20)21-9-14-5-6-16(11-19(14)23(35)32-21)33-12-17(39-25(33)37)13-38-24(36)15(7-8-30)10-22(31)34/h1-6,9,11,15,17H,7-8,10,12-13,30H2,(H2,31,34)(H,32,35)/t15?,17-/m1/s1. The number of nitrogens with two attached hydrogens (primary N) is 2. The molecule has 10 nitrogen and oxygen atoms in total. The number of esters is 1. The summed E-state index contributed by atoms with van der Waals surface area (Å²) >= 11 is 0. The summed E-state index contributed by atoms with van der Waals surface area (Å²) in [7, 11) is 0. The molecule has 3 aromatic rings. The third-order valence-corrected chi connectivity index (χ3v) is 6.25. The zero-order chi connectivity index (χ0) is 28.3. The molecule has 5 N–H and O–H groups in total. The second-order valence-electron chi connectivity index (χ2n) is 9.02. The first-order chi connectivity index (χ1) is 18.5. The first-order valence-corrected chi connectivity index (χ1v) is 11.9. The van der Waals surface area contributed by atoms with Crippen molar-refractivity contribution in [1.29, 1.82) is 0 Å². The van der Waals surface area contributed by atoms with Crippen LogP contribution in [0.1, 0.15) is 18.4 Å². The van der Waals surface area contributed by atoms with E-state index in [0.29, 0.717) is 11.1 Å². The van der Waals surface area contributed by atoms with Crippen LogP contribution in [-0.2, 0) is 25.2 Å². The molecule has 4 rings (SSSR count). The topological polar surface area (TPSA) is 158 Å². The summed E-state index contributed by atoms with van der Waals surface area (Å²) in [6, 6.07) is 10.8. The number of ether oxygens (including phenoxy) is 2. The van der Waals surface area contributed by atoms with E-state index in [-0.39, 0.29) is 49.2 Å². The van der Waals surface area contributed by atoms with Gasteiger partial charge in [0, 0.05) is 28.8 Å². The highest BCUT2D eigenvalue weighted by Crippen LogP contribution is 2.36. The van der Waals surface area contributed by atoms with E-state index in [1.165, 1.54) is 47.4 Å². The number of carbonyl (C=O) groups excluding carboxylic acids is 3. The summed E-state index contributed by atoms with van der Waals surface area (Å²) < 4.78 is 50.9. The van der Waals surface area contributed by atoms with Crippen LogP contribution in [0.4, 0.5) is 23.7 Å². The number of rotatable bonds is 9. The van der Waals surface area contributed by atoms with Crippen molar-refractivity contribution < 1.29 is 37.0 Å². The number of primary amides is 1. The van der Waals surface area contributed by atoms with Crippen LogP contribution in [-0.4, -0.2) is 48.8 Å². The van der Waals surface area contributed by atoms with Crippen LogP contribution in [0.25, 0.3) is 22.0 Å². The third-order valence-electron chi connectivity index (χ3n) is 6.25. The number of aromatic nitrogens is 1. The Hall–Kier alpha value is -4.39. The molecule has 2 amide bonds. The number of amides is 2. The first-order valence-electron chi connectivity index (χ1n) is 11.9. The molecule has 1 aliphatic rings. The number of benzene rings is 2. The number of alkyl halides is 3. The summed E-state index contributed by atoms with van der Waals surface area (Å²) in [6.07, 6.45) is -6.18. The van der Waals surface area contributed by atoms with E-state index in [9.17, 15) is 32.3 Å². The number of cyclic esters (lactones) is 1. The van der Waals surface area contributed by atoms with Crippen LogP contribution >= 0.6 is 0 Å². The Bertz CT molecular complexity index is 1470. The normalized spacial score (nSPS) is 16.3. The number of nitrogens with zero attached hydrogens (tertiary/aromatic N) is 1. The van der Waals surface area contributed by atoms with Crippen LogP contribution in [0.5, 0.6) is 0 Å². The van der Waals surface area contributed by atoms with Gasteiger partial charge in [-0.15, -0.1) is 0 Å². The summed E-state index contributed by atoms with van der Waals surface area (Å²) in [5, 5.41) is 0.521. The quantitative estimate of drug-likeness (QED) is 0.348. The highest BCUT2D eigenvalue weighted by molar-refractivity contribution is 5.95. The lowest BCUT2D eigenvalue weighted by Gasteiger charge is -2.16. The minimum absolute atomic E-state index is 0.0000811. The molecule has 0 saturated carbocycles. The van der Waals surface area contributed by atoms with Crippen LogP contribution in [0.3, 0.4) is 0 Å². The van der Waals surface area contributed by atoms with Gasteiger partial charge in [0.2, 0.25) is 5.91 Å². The number of hydrogen-bond acceptors (Lipinski definition) is 7. The maximum absolute atomic E-state index is 13.5. The van der Waals surface area contributed by atoms with E-state index in [1.807, 2.05) is 0 Å². The molecule has 13 heteroatoms. The van der Waals surface area contributed by atoms with Crippen molar-refractivity contribution in [2.24, 2.45) is 17.4 Å². The van der Waals surface area contributed by atoms with Crippen molar-refractivity contribution in [2.45, 2.75) is 25.1 Å². The van der Waals surface area contributed by atoms with Gasteiger partial charge in [0.1, 0.15) is 6.61 Å². The van der Waals surface area contributed by atoms with E-state index in [2.05, 4.69) is 4.98 Å². The monoisotopic (exact) mass is 546 g/mol. The van der Waals surface area contributed by atoms with Crippen molar-refractivity contribution in [2.75, 3.05) is 24.6 Å². The second kappa shape index (κ2) is 11.2. The number of hydrogen-bond donors (Lipinski definition) is 3. The average Bonchev–Trinajstić information content (AvgIpc) is 3.26. The maximum atomic E-state index is 13.5. The maximum Gasteiger partial charge on any atom is 0.417 e. The summed E-state index contributed by atoms with van der Waals surface area (Å²) in [6.45, 7) is -0.113. The molecule has 206 valence electrons. The van der Waals surface area contributed by atoms with Crippen molar-refractivity contribution in [3.05, 3.63) is 64.4 Å². The molecule has 0 radical (unpaired) electrons. The number of nitrogens with one attached hydrogen (secondary N) is 1. The number of pyridine rings is 1. The SMILES string of the molecule is NCCC(CC(N)=O)C(=O)OC[C@H]1CN(c2ccc3cc(-c4ccccc4C(F)(F)F)[nH]c(=O)c3c2)C(=O)O1. The van der Waals surface area contributed by atoms with Gasteiger partial charge in [-0.25, -0.2) is 4.79 Å². The minimum atomic E-state index is -4.61. The highest BCUT2D eigenvalue weighted by Gasteiger charge is 2.35. The van der Waals surface area contributed by atoms with Crippen molar-refractivity contribution in [1.82, 2.24) is 4.98 Å². The molecule has 0 aliphatic carbocycles. The van der Waals surface area contributed by atoms with Crippen molar-refractivity contribution >= 4 is 34.4 Å². The smallest absolute Gasteiger partial charge is 0.417 e. The number of H-pyrrole nitrogens is 1. The number of aromatic amines is 1.